The van der Waals surface area contributed by atoms with Crippen LogP contribution in [0.25, 0.3) is 0 Å². The third kappa shape index (κ3) is 2.64. The molecule has 112 valence electrons. The number of urea groups is 1. The molecule has 0 aromatic heterocycles. The number of nitrogens with zero attached hydrogens (tertiary/aromatic N) is 1. The monoisotopic (exact) mass is 292 g/mol. The van der Waals surface area contributed by atoms with Gasteiger partial charge in [-0.3, -0.25) is 19.8 Å². The van der Waals surface area contributed by atoms with Gasteiger partial charge in [0.25, 0.3) is 0 Å². The van der Waals surface area contributed by atoms with Crippen LogP contribution in [0.5, 0.6) is 0 Å². The van der Waals surface area contributed by atoms with Crippen molar-refractivity contribution >= 4 is 17.8 Å². The predicted molar refractivity (Wildman–Crippen MR) is 61.4 cm³/mol. The lowest BCUT2D eigenvalue weighted by Crippen LogP contribution is -2.65. The molecule has 4 amide bonds. The van der Waals surface area contributed by atoms with Crippen molar-refractivity contribution in [1.29, 1.82) is 0 Å². The van der Waals surface area contributed by atoms with E-state index < -0.39 is 36.0 Å². The summed E-state index contributed by atoms with van der Waals surface area (Å²) >= 11 is 0. The largest absolute Gasteiger partial charge is 0.406 e. The molecule has 2 rings (SSSR count). The van der Waals surface area contributed by atoms with Gasteiger partial charge in [0.05, 0.1) is 0 Å². The van der Waals surface area contributed by atoms with Crippen LogP contribution < -0.4 is 5.32 Å². The number of alkyl halides is 3. The molecule has 0 aromatic carbocycles. The molecule has 2 fully saturated rings. The molecular weight excluding hydrogens is 277 g/mol. The third-order valence-corrected chi connectivity index (χ3v) is 3.85. The molecule has 1 heterocycles. The van der Waals surface area contributed by atoms with Crippen molar-refractivity contribution < 1.29 is 27.6 Å². The van der Waals surface area contributed by atoms with Crippen molar-refractivity contribution in [2.24, 2.45) is 5.41 Å². The fourth-order valence-corrected chi connectivity index (χ4v) is 2.83. The van der Waals surface area contributed by atoms with E-state index in [0.717, 1.165) is 12.8 Å². The standard InChI is InChI=1S/C12H15F3N2O3/c13-12(14,15)7-17-9(19)11(8(18)16-10(17)20)5-3-1-2-4-6-11/h1-7H2,(H,16,18,20). The van der Waals surface area contributed by atoms with Crippen LogP contribution in [0.4, 0.5) is 18.0 Å². The first-order valence-corrected chi connectivity index (χ1v) is 6.50. The third-order valence-electron chi connectivity index (χ3n) is 3.85. The number of imide groups is 2. The molecule has 1 saturated heterocycles. The van der Waals surface area contributed by atoms with E-state index >= 15 is 0 Å². The van der Waals surface area contributed by atoms with E-state index in [2.05, 4.69) is 0 Å². The molecule has 1 N–H and O–H groups in total. The number of carbonyl (C=O) groups is 3. The van der Waals surface area contributed by atoms with Crippen molar-refractivity contribution in [2.45, 2.75) is 44.7 Å². The Labute approximate surface area is 113 Å². The first-order valence-electron chi connectivity index (χ1n) is 6.50. The summed E-state index contributed by atoms with van der Waals surface area (Å²) < 4.78 is 37.4. The quantitative estimate of drug-likeness (QED) is 0.751. The summed E-state index contributed by atoms with van der Waals surface area (Å²) in [6.45, 7) is -1.66. The van der Waals surface area contributed by atoms with Crippen LogP contribution in [0.2, 0.25) is 0 Å². The van der Waals surface area contributed by atoms with E-state index in [1.807, 2.05) is 5.32 Å². The van der Waals surface area contributed by atoms with Gasteiger partial charge in [0.15, 0.2) is 0 Å². The number of amides is 4. The zero-order valence-corrected chi connectivity index (χ0v) is 10.8. The zero-order chi connectivity index (χ0) is 15.0. The Hall–Kier alpha value is -1.60. The van der Waals surface area contributed by atoms with Gasteiger partial charge in [-0.2, -0.15) is 13.2 Å². The molecule has 0 bridgehead atoms. The molecule has 0 aromatic rings. The minimum atomic E-state index is -4.68. The van der Waals surface area contributed by atoms with Crippen LogP contribution in [0.1, 0.15) is 38.5 Å². The maximum Gasteiger partial charge on any atom is 0.406 e. The van der Waals surface area contributed by atoms with Crippen LogP contribution in [0.15, 0.2) is 0 Å². The Morgan fingerprint density at radius 2 is 1.60 bits per heavy atom. The van der Waals surface area contributed by atoms with Gasteiger partial charge in [-0.05, 0) is 12.8 Å². The predicted octanol–water partition coefficient (Wildman–Crippen LogP) is 1.97. The molecule has 1 saturated carbocycles. The first kappa shape index (κ1) is 14.8. The molecule has 1 aliphatic heterocycles. The Kier molecular flexibility index (Phi) is 3.75. The van der Waals surface area contributed by atoms with Crippen molar-refractivity contribution in [3.8, 4) is 0 Å². The number of hydrogen-bond acceptors (Lipinski definition) is 3. The highest BCUT2D eigenvalue weighted by atomic mass is 19.4. The Morgan fingerprint density at radius 1 is 1.05 bits per heavy atom. The molecule has 0 atom stereocenters. The summed E-state index contributed by atoms with van der Waals surface area (Å²) in [7, 11) is 0. The zero-order valence-electron chi connectivity index (χ0n) is 10.8. The molecule has 5 nitrogen and oxygen atoms in total. The molecule has 8 heteroatoms. The summed E-state index contributed by atoms with van der Waals surface area (Å²) in [6.07, 6.45) is -1.45. The van der Waals surface area contributed by atoms with Crippen LogP contribution in [0, 0.1) is 5.41 Å². The first-order chi connectivity index (χ1) is 9.26. The Morgan fingerprint density at radius 3 is 2.10 bits per heavy atom. The number of rotatable bonds is 1. The molecule has 1 spiro atoms. The average Bonchev–Trinajstić information content (AvgIpc) is 2.58. The molecule has 1 aliphatic carbocycles. The lowest BCUT2D eigenvalue weighted by molar-refractivity contribution is -0.168. The highest BCUT2D eigenvalue weighted by Crippen LogP contribution is 2.39. The molecule has 0 unspecified atom stereocenters. The van der Waals surface area contributed by atoms with E-state index in [9.17, 15) is 27.6 Å². The second-order valence-corrected chi connectivity index (χ2v) is 5.26. The maximum atomic E-state index is 12.5. The van der Waals surface area contributed by atoms with Crippen LogP contribution in [-0.2, 0) is 9.59 Å². The average molecular weight is 292 g/mol. The summed E-state index contributed by atoms with van der Waals surface area (Å²) in [4.78, 5) is 35.9. The number of halogens is 3. The van der Waals surface area contributed by atoms with E-state index in [4.69, 9.17) is 0 Å². The van der Waals surface area contributed by atoms with Gasteiger partial charge in [0.1, 0.15) is 12.0 Å². The van der Waals surface area contributed by atoms with Gasteiger partial charge in [0.2, 0.25) is 11.8 Å². The summed E-state index contributed by atoms with van der Waals surface area (Å²) in [5.74, 6) is -1.77. The summed E-state index contributed by atoms with van der Waals surface area (Å²) in [5.41, 5.74) is -1.50. The van der Waals surface area contributed by atoms with Crippen molar-refractivity contribution in [1.82, 2.24) is 10.2 Å². The second kappa shape index (κ2) is 5.06. The van der Waals surface area contributed by atoms with E-state index in [1.54, 1.807) is 0 Å². The van der Waals surface area contributed by atoms with Crippen LogP contribution in [-0.4, -0.2) is 35.5 Å². The van der Waals surface area contributed by atoms with Crippen LogP contribution >= 0.6 is 0 Å². The fraction of sp³-hybridized carbons (Fsp3) is 0.750. The van der Waals surface area contributed by atoms with Crippen molar-refractivity contribution in [2.75, 3.05) is 6.54 Å². The molecule has 2 aliphatic rings. The van der Waals surface area contributed by atoms with Gasteiger partial charge in [-0.25, -0.2) is 4.79 Å². The highest BCUT2D eigenvalue weighted by molar-refractivity contribution is 6.19. The van der Waals surface area contributed by atoms with Crippen LogP contribution in [0.3, 0.4) is 0 Å². The number of carbonyl (C=O) groups excluding carboxylic acids is 3. The minimum absolute atomic E-state index is 0.118. The lowest BCUT2D eigenvalue weighted by atomic mass is 9.77. The lowest BCUT2D eigenvalue weighted by Gasteiger charge is -2.38. The summed E-state index contributed by atoms with van der Waals surface area (Å²) in [6, 6.07) is -1.29. The van der Waals surface area contributed by atoms with Crippen molar-refractivity contribution in [3.63, 3.8) is 0 Å². The van der Waals surface area contributed by atoms with Gasteiger partial charge in [0, 0.05) is 0 Å². The smallest absolute Gasteiger partial charge is 0.277 e. The SMILES string of the molecule is O=C1NC(=O)C2(CCCCCC2)C(=O)N1CC(F)(F)F. The van der Waals surface area contributed by atoms with Gasteiger partial charge >= 0.3 is 12.2 Å². The maximum absolute atomic E-state index is 12.5. The Bertz CT molecular complexity index is 440. The number of barbiturate groups is 1. The molecular formula is C12H15F3N2O3. The van der Waals surface area contributed by atoms with Gasteiger partial charge in [-0.15, -0.1) is 0 Å². The second-order valence-electron chi connectivity index (χ2n) is 5.26. The number of nitrogens with one attached hydrogen (secondary N) is 1. The number of hydrogen-bond donors (Lipinski definition) is 1. The highest BCUT2D eigenvalue weighted by Gasteiger charge is 2.55. The van der Waals surface area contributed by atoms with E-state index in [-0.39, 0.29) is 17.7 Å². The van der Waals surface area contributed by atoms with Crippen molar-refractivity contribution in [3.05, 3.63) is 0 Å². The van der Waals surface area contributed by atoms with Gasteiger partial charge in [-0.1, -0.05) is 25.7 Å². The van der Waals surface area contributed by atoms with Gasteiger partial charge < -0.3 is 0 Å². The fourth-order valence-electron chi connectivity index (χ4n) is 2.83. The molecule has 20 heavy (non-hydrogen) atoms. The normalized spacial score (nSPS) is 23.8. The minimum Gasteiger partial charge on any atom is -0.277 e. The molecule has 0 radical (unpaired) electrons. The Balaban J connectivity index is 2.30. The summed E-state index contributed by atoms with van der Waals surface area (Å²) in [5, 5.41) is 1.90. The van der Waals surface area contributed by atoms with E-state index in [0.29, 0.717) is 12.8 Å². The topological polar surface area (TPSA) is 66.5 Å². The van der Waals surface area contributed by atoms with E-state index in [1.165, 1.54) is 0 Å².